The van der Waals surface area contributed by atoms with Gasteiger partial charge in [0.1, 0.15) is 5.75 Å². The molecule has 102 valence electrons. The second-order valence-electron chi connectivity index (χ2n) is 4.38. The monoisotopic (exact) mass is 254 g/mol. The van der Waals surface area contributed by atoms with Gasteiger partial charge < -0.3 is 20.3 Å². The number of anilines is 1. The minimum absolute atomic E-state index is 0.342. The number of nitrogen functional groups attached to an aromatic ring is 1. The van der Waals surface area contributed by atoms with Gasteiger partial charge in [0.2, 0.25) is 0 Å². The number of hydrogen-bond donors (Lipinski definition) is 2. The van der Waals surface area contributed by atoms with Crippen molar-refractivity contribution < 1.29 is 14.6 Å². The molecular formula is C13H22N2O3. The van der Waals surface area contributed by atoms with Crippen molar-refractivity contribution in [2.24, 2.45) is 0 Å². The molecule has 5 heteroatoms. The van der Waals surface area contributed by atoms with Crippen LogP contribution in [-0.4, -0.2) is 50.5 Å². The smallest absolute Gasteiger partial charge is 0.141 e. The van der Waals surface area contributed by atoms with Gasteiger partial charge in [0.25, 0.3) is 0 Å². The number of likely N-dealkylation sites (N-methyl/N-ethyl adjacent to an activating group) is 1. The Morgan fingerprint density at radius 2 is 2.11 bits per heavy atom. The molecule has 0 saturated carbocycles. The van der Waals surface area contributed by atoms with Gasteiger partial charge in [0, 0.05) is 20.2 Å². The first-order valence-corrected chi connectivity index (χ1v) is 5.84. The molecule has 1 atom stereocenters. The molecule has 0 spiro atoms. The van der Waals surface area contributed by atoms with Crippen LogP contribution in [0.15, 0.2) is 18.2 Å². The second kappa shape index (κ2) is 7.20. The quantitative estimate of drug-likeness (QED) is 0.702. The number of ether oxygens (including phenoxy) is 2. The van der Waals surface area contributed by atoms with E-state index in [4.69, 9.17) is 15.2 Å². The first-order chi connectivity index (χ1) is 8.56. The van der Waals surface area contributed by atoms with Crippen molar-refractivity contribution in [3.63, 3.8) is 0 Å². The molecule has 0 saturated heterocycles. The summed E-state index contributed by atoms with van der Waals surface area (Å²) < 4.78 is 10.00. The van der Waals surface area contributed by atoms with Crippen molar-refractivity contribution in [2.75, 3.05) is 40.2 Å². The van der Waals surface area contributed by atoms with Crippen molar-refractivity contribution in [3.05, 3.63) is 23.8 Å². The van der Waals surface area contributed by atoms with Crippen LogP contribution in [0.1, 0.15) is 5.56 Å². The molecule has 1 aromatic rings. The molecule has 0 radical (unpaired) electrons. The van der Waals surface area contributed by atoms with Crippen molar-refractivity contribution in [3.8, 4) is 5.75 Å². The van der Waals surface area contributed by atoms with Crippen LogP contribution in [0, 0.1) is 0 Å². The van der Waals surface area contributed by atoms with E-state index >= 15 is 0 Å². The molecular weight excluding hydrogens is 232 g/mol. The fourth-order valence-electron chi connectivity index (χ4n) is 1.86. The highest BCUT2D eigenvalue weighted by Gasteiger charge is 2.09. The molecule has 0 aliphatic rings. The van der Waals surface area contributed by atoms with Gasteiger partial charge in [-0.15, -0.1) is 0 Å². The minimum Gasteiger partial charge on any atom is -0.495 e. The van der Waals surface area contributed by atoms with E-state index in [1.54, 1.807) is 14.2 Å². The van der Waals surface area contributed by atoms with Crippen LogP contribution in [0.4, 0.5) is 5.69 Å². The van der Waals surface area contributed by atoms with Crippen LogP contribution in [0.25, 0.3) is 0 Å². The lowest BCUT2D eigenvalue weighted by atomic mass is 10.1. The molecule has 0 aliphatic heterocycles. The number of hydrogen-bond acceptors (Lipinski definition) is 5. The highest BCUT2D eigenvalue weighted by Crippen LogP contribution is 2.22. The molecule has 0 fully saturated rings. The van der Waals surface area contributed by atoms with Crippen molar-refractivity contribution in [1.29, 1.82) is 0 Å². The third kappa shape index (κ3) is 4.52. The Morgan fingerprint density at radius 3 is 2.67 bits per heavy atom. The SMILES string of the molecule is COCC(O)CN(C)Cc1ccc(OC)c(N)c1. The Balaban J connectivity index is 2.54. The zero-order chi connectivity index (χ0) is 13.5. The summed E-state index contributed by atoms with van der Waals surface area (Å²) in [6.45, 7) is 1.61. The van der Waals surface area contributed by atoms with Gasteiger partial charge in [0.05, 0.1) is 25.5 Å². The van der Waals surface area contributed by atoms with E-state index in [2.05, 4.69) is 0 Å². The van der Waals surface area contributed by atoms with Gasteiger partial charge in [-0.3, -0.25) is 4.90 Å². The fourth-order valence-corrected chi connectivity index (χ4v) is 1.86. The highest BCUT2D eigenvalue weighted by molar-refractivity contribution is 5.54. The maximum absolute atomic E-state index is 9.62. The van der Waals surface area contributed by atoms with Crippen LogP contribution >= 0.6 is 0 Å². The van der Waals surface area contributed by atoms with Gasteiger partial charge >= 0.3 is 0 Å². The maximum Gasteiger partial charge on any atom is 0.141 e. The zero-order valence-electron chi connectivity index (χ0n) is 11.2. The number of rotatable bonds is 7. The first kappa shape index (κ1) is 14.8. The van der Waals surface area contributed by atoms with Gasteiger partial charge in [0.15, 0.2) is 0 Å². The van der Waals surface area contributed by atoms with Crippen LogP contribution in [0.3, 0.4) is 0 Å². The Morgan fingerprint density at radius 1 is 1.39 bits per heavy atom. The van der Waals surface area contributed by atoms with Gasteiger partial charge in [-0.25, -0.2) is 0 Å². The molecule has 18 heavy (non-hydrogen) atoms. The van der Waals surface area contributed by atoms with Crippen LogP contribution in [-0.2, 0) is 11.3 Å². The summed E-state index contributed by atoms with van der Waals surface area (Å²) in [6, 6.07) is 5.70. The summed E-state index contributed by atoms with van der Waals surface area (Å²) in [4.78, 5) is 2.02. The lowest BCUT2D eigenvalue weighted by Crippen LogP contribution is -2.31. The summed E-state index contributed by atoms with van der Waals surface area (Å²) in [5.74, 6) is 0.681. The fraction of sp³-hybridized carbons (Fsp3) is 0.538. The summed E-state index contributed by atoms with van der Waals surface area (Å²) in [6.07, 6.45) is -0.476. The Labute approximate surface area is 108 Å². The third-order valence-electron chi connectivity index (χ3n) is 2.63. The molecule has 0 bridgehead atoms. The molecule has 0 aromatic heterocycles. The van der Waals surface area contributed by atoms with E-state index < -0.39 is 6.10 Å². The van der Waals surface area contributed by atoms with E-state index in [1.165, 1.54) is 0 Å². The average Bonchev–Trinajstić information content (AvgIpc) is 2.29. The highest BCUT2D eigenvalue weighted by atomic mass is 16.5. The average molecular weight is 254 g/mol. The number of nitrogens with two attached hydrogens (primary N) is 1. The standard InChI is InChI=1S/C13H22N2O3/c1-15(8-11(16)9-17-2)7-10-4-5-13(18-3)12(14)6-10/h4-6,11,16H,7-9,14H2,1-3H3. The molecule has 5 nitrogen and oxygen atoms in total. The van der Waals surface area contributed by atoms with Gasteiger partial charge in [-0.2, -0.15) is 0 Å². The van der Waals surface area contributed by atoms with Gasteiger partial charge in [-0.1, -0.05) is 6.07 Å². The van der Waals surface area contributed by atoms with E-state index in [1.807, 2.05) is 30.1 Å². The normalized spacial score (nSPS) is 12.7. The van der Waals surface area contributed by atoms with E-state index in [-0.39, 0.29) is 0 Å². The predicted octanol–water partition coefficient (Wildman–Crippen LogP) is 0.716. The van der Waals surface area contributed by atoms with Crippen molar-refractivity contribution in [2.45, 2.75) is 12.6 Å². The maximum atomic E-state index is 9.62. The zero-order valence-corrected chi connectivity index (χ0v) is 11.2. The van der Waals surface area contributed by atoms with Gasteiger partial charge in [-0.05, 0) is 24.7 Å². The molecule has 0 amide bonds. The molecule has 1 aromatic carbocycles. The third-order valence-corrected chi connectivity index (χ3v) is 2.63. The van der Waals surface area contributed by atoms with Crippen molar-refractivity contribution in [1.82, 2.24) is 4.90 Å². The molecule has 1 rings (SSSR count). The molecule has 0 aliphatic carbocycles. The summed E-state index contributed by atoms with van der Waals surface area (Å²) in [5, 5.41) is 9.62. The van der Waals surface area contributed by atoms with E-state index in [9.17, 15) is 5.11 Å². The number of benzene rings is 1. The second-order valence-corrected chi connectivity index (χ2v) is 4.38. The minimum atomic E-state index is -0.476. The lowest BCUT2D eigenvalue weighted by Gasteiger charge is -2.20. The van der Waals surface area contributed by atoms with E-state index in [0.717, 1.165) is 12.1 Å². The lowest BCUT2D eigenvalue weighted by molar-refractivity contribution is 0.0419. The topological polar surface area (TPSA) is 68.0 Å². The Hall–Kier alpha value is -1.30. The Kier molecular flexibility index (Phi) is 5.91. The number of aliphatic hydroxyl groups is 1. The van der Waals surface area contributed by atoms with Crippen LogP contribution in [0.2, 0.25) is 0 Å². The summed E-state index contributed by atoms with van der Waals surface area (Å²) in [7, 11) is 5.12. The molecule has 1 unspecified atom stereocenters. The number of methoxy groups -OCH3 is 2. The van der Waals surface area contributed by atoms with E-state index in [0.29, 0.717) is 24.6 Å². The summed E-state index contributed by atoms with van der Waals surface area (Å²) in [5.41, 5.74) is 7.55. The first-order valence-electron chi connectivity index (χ1n) is 5.84. The Bertz CT molecular complexity index is 371. The number of nitrogens with zero attached hydrogens (tertiary/aromatic N) is 1. The van der Waals surface area contributed by atoms with Crippen LogP contribution < -0.4 is 10.5 Å². The molecule has 0 heterocycles. The van der Waals surface area contributed by atoms with Crippen molar-refractivity contribution >= 4 is 5.69 Å². The summed E-state index contributed by atoms with van der Waals surface area (Å²) >= 11 is 0. The number of aliphatic hydroxyl groups excluding tert-OH is 1. The van der Waals surface area contributed by atoms with Crippen LogP contribution in [0.5, 0.6) is 5.75 Å². The predicted molar refractivity (Wildman–Crippen MR) is 71.6 cm³/mol. The molecule has 3 N–H and O–H groups in total. The largest absolute Gasteiger partial charge is 0.495 e.